The number of nitrogens with one attached hydrogen (secondary N) is 3. The molecule has 0 saturated heterocycles. The van der Waals surface area contributed by atoms with E-state index in [0.717, 1.165) is 24.5 Å². The molecule has 1 aromatic heterocycles. The zero-order valence-electron chi connectivity index (χ0n) is 16.1. The van der Waals surface area contributed by atoms with Gasteiger partial charge in [-0.05, 0) is 35.6 Å². The van der Waals surface area contributed by atoms with Gasteiger partial charge in [-0.2, -0.15) is 0 Å². The predicted octanol–water partition coefficient (Wildman–Crippen LogP) is 3.97. The number of nitrogens with zero attached hydrogens (tertiary/aromatic N) is 1. The third-order valence-electron chi connectivity index (χ3n) is 4.01. The molecule has 1 amide bonds. The van der Waals surface area contributed by atoms with E-state index in [4.69, 9.17) is 0 Å². The van der Waals surface area contributed by atoms with Crippen LogP contribution in [0.25, 0.3) is 0 Å². The van der Waals surface area contributed by atoms with Gasteiger partial charge < -0.3 is 16.0 Å². The molecule has 3 N–H and O–H groups in total. The Morgan fingerprint density at radius 1 is 1.19 bits per heavy atom. The number of thiophene rings is 1. The smallest absolute Gasteiger partial charge is 0.251 e. The Bertz CT molecular complexity index is 719. The molecule has 1 heterocycles. The lowest BCUT2D eigenvalue weighted by molar-refractivity contribution is 0.0953. The van der Waals surface area contributed by atoms with Crippen LogP contribution in [0.3, 0.4) is 0 Å². The van der Waals surface area contributed by atoms with E-state index >= 15 is 0 Å². The highest BCUT2D eigenvalue weighted by molar-refractivity contribution is 14.0. The monoisotopic (exact) mass is 500 g/mol. The molecule has 0 spiro atoms. The molecule has 0 fully saturated rings. The number of carbonyl (C=O) groups is 1. The first-order valence-corrected chi connectivity index (χ1v) is 9.87. The van der Waals surface area contributed by atoms with Crippen molar-refractivity contribution in [3.63, 3.8) is 0 Å². The summed E-state index contributed by atoms with van der Waals surface area (Å²) >= 11 is 1.77. The Labute approximate surface area is 183 Å². The first-order valence-electron chi connectivity index (χ1n) is 8.99. The average molecular weight is 500 g/mol. The second kappa shape index (κ2) is 12.7. The minimum atomic E-state index is -0.0269. The molecule has 2 rings (SSSR count). The molecule has 0 aliphatic heterocycles. The Balaban J connectivity index is 0.00000364. The van der Waals surface area contributed by atoms with Crippen LogP contribution >= 0.6 is 35.3 Å². The maximum Gasteiger partial charge on any atom is 0.251 e. The van der Waals surface area contributed by atoms with Gasteiger partial charge in [0.2, 0.25) is 0 Å². The highest BCUT2D eigenvalue weighted by Crippen LogP contribution is 2.19. The Morgan fingerprint density at radius 3 is 2.67 bits per heavy atom. The summed E-state index contributed by atoms with van der Waals surface area (Å²) in [5, 5.41) is 11.7. The fourth-order valence-electron chi connectivity index (χ4n) is 2.49. The van der Waals surface area contributed by atoms with Crippen molar-refractivity contribution in [2.24, 2.45) is 4.99 Å². The fraction of sp³-hybridized carbons (Fsp3) is 0.400. The van der Waals surface area contributed by atoms with Gasteiger partial charge in [-0.1, -0.05) is 32.0 Å². The molecule has 0 bridgehead atoms. The van der Waals surface area contributed by atoms with Gasteiger partial charge in [0.25, 0.3) is 5.91 Å². The summed E-state index contributed by atoms with van der Waals surface area (Å²) in [4.78, 5) is 17.7. The largest absolute Gasteiger partial charge is 0.356 e. The van der Waals surface area contributed by atoms with Gasteiger partial charge in [0.05, 0.1) is 0 Å². The number of guanidine groups is 1. The van der Waals surface area contributed by atoms with Gasteiger partial charge in [-0.15, -0.1) is 35.3 Å². The van der Waals surface area contributed by atoms with Crippen LogP contribution in [-0.2, 0) is 6.54 Å². The van der Waals surface area contributed by atoms with Crippen LogP contribution in [-0.4, -0.2) is 32.0 Å². The van der Waals surface area contributed by atoms with E-state index in [1.165, 1.54) is 4.88 Å². The molecule has 5 nitrogen and oxygen atoms in total. The van der Waals surface area contributed by atoms with Crippen molar-refractivity contribution in [2.75, 3.05) is 20.1 Å². The lowest BCUT2D eigenvalue weighted by atomic mass is 10.1. The first-order chi connectivity index (χ1) is 12.6. The number of aliphatic imine (C=N–C) groups is 1. The Hall–Kier alpha value is -1.61. The van der Waals surface area contributed by atoms with E-state index in [0.29, 0.717) is 24.6 Å². The van der Waals surface area contributed by atoms with Crippen LogP contribution in [0.15, 0.2) is 46.8 Å². The Kier molecular flexibility index (Phi) is 11.0. The van der Waals surface area contributed by atoms with Crippen LogP contribution in [0, 0.1) is 0 Å². The summed E-state index contributed by atoms with van der Waals surface area (Å²) in [7, 11) is 1.76. The molecule has 7 heteroatoms. The first kappa shape index (κ1) is 23.4. The van der Waals surface area contributed by atoms with E-state index in [9.17, 15) is 4.79 Å². The zero-order chi connectivity index (χ0) is 18.8. The van der Waals surface area contributed by atoms with E-state index in [-0.39, 0.29) is 29.9 Å². The highest BCUT2D eigenvalue weighted by atomic mass is 127. The number of benzene rings is 1. The fourth-order valence-corrected chi connectivity index (χ4v) is 3.28. The third-order valence-corrected chi connectivity index (χ3v) is 5.12. The van der Waals surface area contributed by atoms with Gasteiger partial charge in [0.15, 0.2) is 5.96 Å². The van der Waals surface area contributed by atoms with Gasteiger partial charge in [-0.3, -0.25) is 9.79 Å². The molecular weight excluding hydrogens is 471 g/mol. The van der Waals surface area contributed by atoms with Crippen LogP contribution < -0.4 is 16.0 Å². The maximum absolute atomic E-state index is 12.1. The van der Waals surface area contributed by atoms with Crippen molar-refractivity contribution in [3.8, 4) is 0 Å². The van der Waals surface area contributed by atoms with Gasteiger partial charge in [0, 0.05) is 43.0 Å². The summed E-state index contributed by atoms with van der Waals surface area (Å²) in [5.41, 5.74) is 1.73. The highest BCUT2D eigenvalue weighted by Gasteiger charge is 2.08. The van der Waals surface area contributed by atoms with Crippen LogP contribution in [0.5, 0.6) is 0 Å². The summed E-state index contributed by atoms with van der Waals surface area (Å²) in [6, 6.07) is 11.9. The second-order valence-corrected chi connectivity index (χ2v) is 7.16. The number of halogens is 1. The molecule has 148 valence electrons. The van der Waals surface area contributed by atoms with Crippen LogP contribution in [0.4, 0.5) is 0 Å². The molecule has 1 aromatic carbocycles. The lowest BCUT2D eigenvalue weighted by Gasteiger charge is -2.15. The second-order valence-electron chi connectivity index (χ2n) is 6.18. The minimum Gasteiger partial charge on any atom is -0.356 e. The Morgan fingerprint density at radius 2 is 2.00 bits per heavy atom. The number of amides is 1. The number of carbonyl (C=O) groups excluding carboxylic acids is 1. The van der Waals surface area contributed by atoms with Gasteiger partial charge in [-0.25, -0.2) is 0 Å². The topological polar surface area (TPSA) is 65.5 Å². The summed E-state index contributed by atoms with van der Waals surface area (Å²) in [6.07, 6.45) is 0.929. The molecule has 0 aliphatic rings. The van der Waals surface area contributed by atoms with Gasteiger partial charge >= 0.3 is 0 Å². The van der Waals surface area contributed by atoms with E-state index in [1.807, 2.05) is 31.2 Å². The molecule has 0 saturated carbocycles. The number of hydrogen-bond donors (Lipinski definition) is 3. The molecule has 1 atom stereocenters. The number of rotatable bonds is 8. The summed E-state index contributed by atoms with van der Waals surface area (Å²) in [5.74, 6) is 1.16. The minimum absolute atomic E-state index is 0. The standard InChI is InChI=1S/C20H28N4OS.HI/c1-4-10-22-19(25)17-8-5-7-16(12-17)14-24-20(21-3)23-13-15(2)18-9-6-11-26-18;/h5-9,11-12,15H,4,10,13-14H2,1-3H3,(H,22,25)(H2,21,23,24);1H. The predicted molar refractivity (Wildman–Crippen MR) is 125 cm³/mol. The quantitative estimate of drug-likeness (QED) is 0.292. The van der Waals surface area contributed by atoms with Crippen molar-refractivity contribution in [1.82, 2.24) is 16.0 Å². The summed E-state index contributed by atoms with van der Waals surface area (Å²) in [6.45, 7) is 6.37. The van der Waals surface area contributed by atoms with Crippen molar-refractivity contribution >= 4 is 47.2 Å². The van der Waals surface area contributed by atoms with Crippen molar-refractivity contribution in [2.45, 2.75) is 32.7 Å². The molecule has 27 heavy (non-hydrogen) atoms. The SMILES string of the molecule is CCCNC(=O)c1cccc(CNC(=NC)NCC(C)c2cccs2)c1.I. The van der Waals surface area contributed by atoms with Gasteiger partial charge in [0.1, 0.15) is 0 Å². The van der Waals surface area contributed by atoms with Crippen molar-refractivity contribution in [1.29, 1.82) is 0 Å². The zero-order valence-corrected chi connectivity index (χ0v) is 19.3. The van der Waals surface area contributed by atoms with Crippen LogP contribution in [0.1, 0.15) is 47.0 Å². The third kappa shape index (κ3) is 7.88. The number of hydrogen-bond acceptors (Lipinski definition) is 3. The van der Waals surface area contributed by atoms with Crippen molar-refractivity contribution < 1.29 is 4.79 Å². The molecule has 2 aromatic rings. The van der Waals surface area contributed by atoms with E-state index in [2.05, 4.69) is 45.4 Å². The van der Waals surface area contributed by atoms with E-state index in [1.54, 1.807) is 18.4 Å². The average Bonchev–Trinajstić information content (AvgIpc) is 3.21. The molecular formula is C20H29IN4OS. The molecule has 1 unspecified atom stereocenters. The normalized spacial score (nSPS) is 12.0. The van der Waals surface area contributed by atoms with E-state index < -0.39 is 0 Å². The maximum atomic E-state index is 12.1. The lowest BCUT2D eigenvalue weighted by Crippen LogP contribution is -2.38. The molecule has 0 aliphatic carbocycles. The molecule has 0 radical (unpaired) electrons. The summed E-state index contributed by atoms with van der Waals surface area (Å²) < 4.78 is 0. The van der Waals surface area contributed by atoms with Crippen molar-refractivity contribution in [3.05, 3.63) is 57.8 Å². The van der Waals surface area contributed by atoms with Crippen LogP contribution in [0.2, 0.25) is 0 Å².